The van der Waals surface area contributed by atoms with Crippen molar-refractivity contribution >= 4 is 33.5 Å². The fraction of sp³-hybridized carbons (Fsp3) is 0.312. The molecule has 1 aromatic carbocycles. The predicted octanol–water partition coefficient (Wildman–Crippen LogP) is 2.00. The number of carbonyl (C=O) groups excluding carboxylic acids is 1. The topological polar surface area (TPSA) is 61.4 Å². The van der Waals surface area contributed by atoms with Gasteiger partial charge in [0.25, 0.3) is 0 Å². The summed E-state index contributed by atoms with van der Waals surface area (Å²) in [4.78, 5) is 25.0. The van der Waals surface area contributed by atoms with Gasteiger partial charge >= 0.3 is 0 Å². The van der Waals surface area contributed by atoms with Crippen LogP contribution in [0.1, 0.15) is 0 Å². The van der Waals surface area contributed by atoms with Crippen molar-refractivity contribution in [1.29, 1.82) is 0 Å². The molecule has 3 rings (SSSR count). The molecular formula is C16H18BrN5O. The first-order chi connectivity index (χ1) is 11.2. The standard InChI is InChI=1S/C16H18BrN5O/c17-13-4-1-2-5-14(13)20-15(23)12-21-8-10-22(11-9-21)16-18-6-3-7-19-16/h1-7H,8-12H2,(H,20,23). The van der Waals surface area contributed by atoms with Crippen molar-refractivity contribution in [3.05, 3.63) is 47.2 Å². The van der Waals surface area contributed by atoms with E-state index in [1.807, 2.05) is 30.3 Å². The zero-order valence-electron chi connectivity index (χ0n) is 12.7. The number of hydrogen-bond acceptors (Lipinski definition) is 5. The van der Waals surface area contributed by atoms with E-state index in [-0.39, 0.29) is 5.91 Å². The van der Waals surface area contributed by atoms with Gasteiger partial charge in [0, 0.05) is 43.0 Å². The van der Waals surface area contributed by atoms with E-state index in [1.165, 1.54) is 0 Å². The summed E-state index contributed by atoms with van der Waals surface area (Å²) < 4.78 is 0.888. The Morgan fingerprint density at radius 3 is 2.48 bits per heavy atom. The number of anilines is 2. The Kier molecular flexibility index (Phi) is 5.19. The first kappa shape index (κ1) is 15.9. The predicted molar refractivity (Wildman–Crippen MR) is 93.5 cm³/mol. The molecule has 0 atom stereocenters. The second kappa shape index (κ2) is 7.52. The van der Waals surface area contributed by atoms with Gasteiger partial charge in [0.15, 0.2) is 0 Å². The van der Waals surface area contributed by atoms with Crippen LogP contribution in [0.15, 0.2) is 47.2 Å². The SMILES string of the molecule is O=C(CN1CCN(c2ncccn2)CC1)Nc1ccccc1Br. The van der Waals surface area contributed by atoms with Gasteiger partial charge in [-0.1, -0.05) is 12.1 Å². The quantitative estimate of drug-likeness (QED) is 0.885. The van der Waals surface area contributed by atoms with Crippen molar-refractivity contribution in [2.75, 3.05) is 42.9 Å². The van der Waals surface area contributed by atoms with E-state index in [2.05, 4.69) is 41.0 Å². The van der Waals surface area contributed by atoms with E-state index >= 15 is 0 Å². The van der Waals surface area contributed by atoms with Crippen molar-refractivity contribution in [2.24, 2.45) is 0 Å². The first-order valence-electron chi connectivity index (χ1n) is 7.51. The molecule has 23 heavy (non-hydrogen) atoms. The van der Waals surface area contributed by atoms with Crippen molar-refractivity contribution in [3.63, 3.8) is 0 Å². The third-order valence-electron chi connectivity index (χ3n) is 3.72. The van der Waals surface area contributed by atoms with Crippen LogP contribution in [-0.4, -0.2) is 53.5 Å². The lowest BCUT2D eigenvalue weighted by Crippen LogP contribution is -2.49. The Balaban J connectivity index is 1.49. The van der Waals surface area contributed by atoms with Gasteiger partial charge < -0.3 is 10.2 Å². The van der Waals surface area contributed by atoms with Crippen LogP contribution in [0.5, 0.6) is 0 Å². The highest BCUT2D eigenvalue weighted by Gasteiger charge is 2.20. The molecule has 0 saturated carbocycles. The van der Waals surface area contributed by atoms with Crippen molar-refractivity contribution in [1.82, 2.24) is 14.9 Å². The number of piperazine rings is 1. The van der Waals surface area contributed by atoms with Crippen LogP contribution in [0, 0.1) is 0 Å². The zero-order chi connectivity index (χ0) is 16.1. The number of rotatable bonds is 4. The minimum Gasteiger partial charge on any atom is -0.338 e. The maximum atomic E-state index is 12.2. The zero-order valence-corrected chi connectivity index (χ0v) is 14.2. The van der Waals surface area contributed by atoms with Crippen LogP contribution in [0.25, 0.3) is 0 Å². The molecule has 1 N–H and O–H groups in total. The third kappa shape index (κ3) is 4.27. The molecule has 0 radical (unpaired) electrons. The number of carbonyl (C=O) groups is 1. The Morgan fingerprint density at radius 1 is 1.09 bits per heavy atom. The molecule has 7 heteroatoms. The number of hydrogen-bond donors (Lipinski definition) is 1. The Hall–Kier alpha value is -1.99. The second-order valence-electron chi connectivity index (χ2n) is 5.34. The Morgan fingerprint density at radius 2 is 1.78 bits per heavy atom. The fourth-order valence-electron chi connectivity index (χ4n) is 2.52. The van der Waals surface area contributed by atoms with Gasteiger partial charge in [-0.25, -0.2) is 9.97 Å². The molecule has 6 nitrogen and oxygen atoms in total. The summed E-state index contributed by atoms with van der Waals surface area (Å²) in [6.45, 7) is 3.69. The second-order valence-corrected chi connectivity index (χ2v) is 6.19. The minimum absolute atomic E-state index is 0.00121. The highest BCUT2D eigenvalue weighted by molar-refractivity contribution is 9.10. The normalized spacial score (nSPS) is 15.4. The lowest BCUT2D eigenvalue weighted by molar-refractivity contribution is -0.117. The largest absolute Gasteiger partial charge is 0.338 e. The van der Waals surface area contributed by atoms with E-state index in [0.717, 1.165) is 42.3 Å². The molecule has 1 amide bonds. The summed E-state index contributed by atoms with van der Waals surface area (Å²) >= 11 is 3.43. The smallest absolute Gasteiger partial charge is 0.238 e. The van der Waals surface area contributed by atoms with E-state index < -0.39 is 0 Å². The Bertz CT molecular complexity index is 659. The molecule has 0 aliphatic carbocycles. The van der Waals surface area contributed by atoms with Gasteiger partial charge in [0.1, 0.15) is 0 Å². The highest BCUT2D eigenvalue weighted by Crippen LogP contribution is 2.21. The van der Waals surface area contributed by atoms with Gasteiger partial charge in [-0.15, -0.1) is 0 Å². The molecule has 120 valence electrons. The van der Waals surface area contributed by atoms with Crippen molar-refractivity contribution < 1.29 is 4.79 Å². The van der Waals surface area contributed by atoms with Crippen LogP contribution >= 0.6 is 15.9 Å². The fourth-order valence-corrected chi connectivity index (χ4v) is 2.90. The summed E-state index contributed by atoms with van der Waals surface area (Å²) in [7, 11) is 0. The summed E-state index contributed by atoms with van der Waals surface area (Å²) in [5.41, 5.74) is 0.800. The number of nitrogens with zero attached hydrogens (tertiary/aromatic N) is 4. The number of benzene rings is 1. The average molecular weight is 376 g/mol. The molecule has 0 spiro atoms. The highest BCUT2D eigenvalue weighted by atomic mass is 79.9. The third-order valence-corrected chi connectivity index (χ3v) is 4.41. The molecule has 1 aromatic heterocycles. The number of halogens is 1. The molecule has 1 fully saturated rings. The van der Waals surface area contributed by atoms with Gasteiger partial charge in [-0.05, 0) is 34.1 Å². The van der Waals surface area contributed by atoms with Crippen molar-refractivity contribution in [3.8, 4) is 0 Å². The molecule has 1 aliphatic heterocycles. The number of para-hydroxylation sites is 1. The first-order valence-corrected chi connectivity index (χ1v) is 8.30. The summed E-state index contributed by atoms with van der Waals surface area (Å²) in [5.74, 6) is 0.756. The van der Waals surface area contributed by atoms with Crippen LogP contribution in [0.2, 0.25) is 0 Å². The maximum absolute atomic E-state index is 12.2. The summed E-state index contributed by atoms with van der Waals surface area (Å²) in [6.07, 6.45) is 3.50. The van der Waals surface area contributed by atoms with Crippen LogP contribution in [0.3, 0.4) is 0 Å². The molecule has 0 bridgehead atoms. The summed E-state index contributed by atoms with van der Waals surface area (Å²) in [5, 5.41) is 2.93. The molecule has 2 aromatic rings. The monoisotopic (exact) mass is 375 g/mol. The lowest BCUT2D eigenvalue weighted by atomic mass is 10.3. The molecule has 1 aliphatic rings. The van der Waals surface area contributed by atoms with E-state index in [0.29, 0.717) is 6.54 Å². The van der Waals surface area contributed by atoms with E-state index in [9.17, 15) is 4.79 Å². The number of nitrogens with one attached hydrogen (secondary N) is 1. The van der Waals surface area contributed by atoms with Crippen LogP contribution < -0.4 is 10.2 Å². The van der Waals surface area contributed by atoms with Gasteiger partial charge in [0.2, 0.25) is 11.9 Å². The van der Waals surface area contributed by atoms with Gasteiger partial charge in [0.05, 0.1) is 12.2 Å². The van der Waals surface area contributed by atoms with E-state index in [4.69, 9.17) is 0 Å². The van der Waals surface area contributed by atoms with Crippen LogP contribution in [0.4, 0.5) is 11.6 Å². The number of amides is 1. The minimum atomic E-state index is 0.00121. The molecule has 0 unspecified atom stereocenters. The average Bonchev–Trinajstić information content (AvgIpc) is 2.58. The molecule has 2 heterocycles. The Labute approximate surface area is 143 Å². The van der Waals surface area contributed by atoms with Crippen LogP contribution in [-0.2, 0) is 4.79 Å². The maximum Gasteiger partial charge on any atom is 0.238 e. The molecular weight excluding hydrogens is 358 g/mol. The van der Waals surface area contributed by atoms with Gasteiger partial charge in [-0.2, -0.15) is 0 Å². The van der Waals surface area contributed by atoms with Gasteiger partial charge in [-0.3, -0.25) is 9.69 Å². The molecule has 1 saturated heterocycles. The lowest BCUT2D eigenvalue weighted by Gasteiger charge is -2.34. The number of aromatic nitrogens is 2. The summed E-state index contributed by atoms with van der Waals surface area (Å²) in [6, 6.07) is 9.43. The van der Waals surface area contributed by atoms with Crippen molar-refractivity contribution in [2.45, 2.75) is 0 Å². The van der Waals surface area contributed by atoms with E-state index in [1.54, 1.807) is 12.4 Å².